The van der Waals surface area contributed by atoms with E-state index in [-0.39, 0.29) is 0 Å². The summed E-state index contributed by atoms with van der Waals surface area (Å²) >= 11 is 0. The Morgan fingerprint density at radius 2 is 2.05 bits per heavy atom. The highest BCUT2D eigenvalue weighted by Gasteiger charge is 2.28. The monoisotopic (exact) mass is 274 g/mol. The predicted molar refractivity (Wildman–Crippen MR) is 86.9 cm³/mol. The minimum absolute atomic E-state index is 0.632. The summed E-state index contributed by atoms with van der Waals surface area (Å²) in [5.41, 5.74) is 2.90. The zero-order chi connectivity index (χ0) is 14.5. The van der Waals surface area contributed by atoms with Crippen LogP contribution in [0.3, 0.4) is 0 Å². The third-order valence-electron chi connectivity index (χ3n) is 4.62. The van der Waals surface area contributed by atoms with Gasteiger partial charge in [0.15, 0.2) is 0 Å². The molecule has 2 unspecified atom stereocenters. The molecule has 1 heterocycles. The Morgan fingerprint density at radius 3 is 2.70 bits per heavy atom. The fourth-order valence-electron chi connectivity index (χ4n) is 3.15. The summed E-state index contributed by atoms with van der Waals surface area (Å²) in [6.45, 7) is 12.6. The van der Waals surface area contributed by atoms with Crippen LogP contribution in [0.25, 0.3) is 0 Å². The Hall–Kier alpha value is -0.860. The van der Waals surface area contributed by atoms with Crippen LogP contribution in [0, 0.1) is 12.8 Å². The molecule has 1 aromatic rings. The van der Waals surface area contributed by atoms with Gasteiger partial charge >= 0.3 is 0 Å². The number of hydrogen-bond donors (Lipinski definition) is 1. The first-order valence-electron chi connectivity index (χ1n) is 8.13. The van der Waals surface area contributed by atoms with E-state index in [0.29, 0.717) is 18.0 Å². The van der Waals surface area contributed by atoms with E-state index in [4.69, 9.17) is 0 Å². The van der Waals surface area contributed by atoms with Crippen molar-refractivity contribution in [1.29, 1.82) is 0 Å². The van der Waals surface area contributed by atoms with E-state index < -0.39 is 0 Å². The quantitative estimate of drug-likeness (QED) is 0.882. The van der Waals surface area contributed by atoms with Crippen molar-refractivity contribution in [2.75, 3.05) is 13.1 Å². The predicted octanol–water partition coefficient (Wildman–Crippen LogP) is 3.59. The van der Waals surface area contributed by atoms with Crippen molar-refractivity contribution in [1.82, 2.24) is 10.2 Å². The van der Waals surface area contributed by atoms with E-state index >= 15 is 0 Å². The van der Waals surface area contributed by atoms with Crippen LogP contribution in [-0.2, 0) is 6.54 Å². The Kier molecular flexibility index (Phi) is 5.62. The number of benzene rings is 1. The summed E-state index contributed by atoms with van der Waals surface area (Å²) in [7, 11) is 0. The molecule has 0 spiro atoms. The van der Waals surface area contributed by atoms with Crippen LogP contribution in [0.4, 0.5) is 0 Å². The van der Waals surface area contributed by atoms with Gasteiger partial charge in [0.1, 0.15) is 0 Å². The number of nitrogens with one attached hydrogen (secondary N) is 1. The molecule has 1 fully saturated rings. The molecule has 1 N–H and O–H groups in total. The molecular formula is C18H30N2. The smallest absolute Gasteiger partial charge is 0.0240 e. The lowest BCUT2D eigenvalue weighted by Gasteiger charge is -2.42. The maximum absolute atomic E-state index is 3.74. The number of rotatable bonds is 5. The first-order chi connectivity index (χ1) is 9.61. The topological polar surface area (TPSA) is 15.3 Å². The van der Waals surface area contributed by atoms with Crippen molar-refractivity contribution >= 4 is 0 Å². The third-order valence-corrected chi connectivity index (χ3v) is 4.62. The molecule has 2 heteroatoms. The second-order valence-electron chi connectivity index (χ2n) is 6.56. The molecule has 1 saturated heterocycles. The van der Waals surface area contributed by atoms with Crippen molar-refractivity contribution < 1.29 is 0 Å². The highest BCUT2D eigenvalue weighted by molar-refractivity contribution is 5.25. The average molecular weight is 274 g/mol. The van der Waals surface area contributed by atoms with Gasteiger partial charge in [-0.1, -0.05) is 51.5 Å². The molecule has 0 saturated carbocycles. The van der Waals surface area contributed by atoms with E-state index in [0.717, 1.165) is 13.1 Å². The van der Waals surface area contributed by atoms with Crippen LogP contribution in [0.1, 0.15) is 44.7 Å². The van der Waals surface area contributed by atoms with Crippen molar-refractivity contribution in [3.05, 3.63) is 35.4 Å². The van der Waals surface area contributed by atoms with Crippen LogP contribution in [-0.4, -0.2) is 30.1 Å². The van der Waals surface area contributed by atoms with Gasteiger partial charge in [0.2, 0.25) is 0 Å². The third kappa shape index (κ3) is 3.83. The van der Waals surface area contributed by atoms with Gasteiger partial charge in [0, 0.05) is 31.7 Å². The molecule has 0 radical (unpaired) electrons. The molecule has 2 atom stereocenters. The van der Waals surface area contributed by atoms with Crippen molar-refractivity contribution in [2.24, 2.45) is 5.92 Å². The highest BCUT2D eigenvalue weighted by atomic mass is 15.2. The number of piperazine rings is 1. The van der Waals surface area contributed by atoms with Gasteiger partial charge in [-0.25, -0.2) is 0 Å². The molecule has 1 aliphatic rings. The molecule has 112 valence electrons. The van der Waals surface area contributed by atoms with Crippen molar-refractivity contribution in [3.8, 4) is 0 Å². The van der Waals surface area contributed by atoms with E-state index in [1.54, 1.807) is 0 Å². The molecule has 20 heavy (non-hydrogen) atoms. The van der Waals surface area contributed by atoms with Crippen LogP contribution in [0.15, 0.2) is 24.3 Å². The lowest BCUT2D eigenvalue weighted by molar-refractivity contribution is 0.0995. The largest absolute Gasteiger partial charge is 0.311 e. The zero-order valence-corrected chi connectivity index (χ0v) is 13.5. The molecule has 0 bridgehead atoms. The Bertz CT molecular complexity index is 414. The summed E-state index contributed by atoms with van der Waals surface area (Å²) in [5, 5.41) is 3.74. The SMILES string of the molecule is CCCC1CNC(C(C)C)CN1Cc1ccccc1C. The second-order valence-corrected chi connectivity index (χ2v) is 6.56. The fraction of sp³-hybridized carbons (Fsp3) is 0.667. The number of hydrogen-bond acceptors (Lipinski definition) is 2. The number of aryl methyl sites for hydroxylation is 1. The number of nitrogens with zero attached hydrogens (tertiary/aromatic N) is 1. The maximum atomic E-state index is 3.74. The molecule has 1 aromatic carbocycles. The summed E-state index contributed by atoms with van der Waals surface area (Å²) in [4.78, 5) is 2.70. The van der Waals surface area contributed by atoms with Gasteiger partial charge < -0.3 is 5.32 Å². The highest BCUT2D eigenvalue weighted by Crippen LogP contribution is 2.20. The molecule has 1 aliphatic heterocycles. The van der Waals surface area contributed by atoms with E-state index in [9.17, 15) is 0 Å². The first-order valence-corrected chi connectivity index (χ1v) is 8.13. The van der Waals surface area contributed by atoms with Crippen molar-refractivity contribution in [3.63, 3.8) is 0 Å². The maximum Gasteiger partial charge on any atom is 0.0240 e. The summed E-state index contributed by atoms with van der Waals surface area (Å²) < 4.78 is 0. The normalized spacial score (nSPS) is 24.2. The van der Waals surface area contributed by atoms with Crippen molar-refractivity contribution in [2.45, 2.75) is 59.2 Å². The van der Waals surface area contributed by atoms with Gasteiger partial charge in [-0.3, -0.25) is 4.90 Å². The summed E-state index contributed by atoms with van der Waals surface area (Å²) in [6.07, 6.45) is 2.56. The molecule has 2 nitrogen and oxygen atoms in total. The van der Waals surface area contributed by atoms with Gasteiger partial charge in [0.25, 0.3) is 0 Å². The Balaban J connectivity index is 2.09. The summed E-state index contributed by atoms with van der Waals surface area (Å²) in [5.74, 6) is 0.706. The van der Waals surface area contributed by atoms with Gasteiger partial charge in [-0.15, -0.1) is 0 Å². The Labute approximate surface area is 124 Å². The minimum atomic E-state index is 0.632. The first kappa shape index (κ1) is 15.5. The van der Waals surface area contributed by atoms with Gasteiger partial charge in [-0.2, -0.15) is 0 Å². The standard InChI is InChI=1S/C18H30N2/c1-5-8-17-11-19-18(14(2)3)13-20(17)12-16-10-7-6-9-15(16)4/h6-7,9-10,14,17-19H,5,8,11-13H2,1-4H3. The van der Waals surface area contributed by atoms with Crippen LogP contribution in [0.2, 0.25) is 0 Å². The molecule has 2 rings (SSSR count). The van der Waals surface area contributed by atoms with Crippen LogP contribution >= 0.6 is 0 Å². The molecular weight excluding hydrogens is 244 g/mol. The van der Waals surface area contributed by atoms with E-state index in [1.165, 1.54) is 30.5 Å². The lowest BCUT2D eigenvalue weighted by Crippen LogP contribution is -2.57. The van der Waals surface area contributed by atoms with Gasteiger partial charge in [-0.05, 0) is 30.4 Å². The minimum Gasteiger partial charge on any atom is -0.311 e. The lowest BCUT2D eigenvalue weighted by atomic mass is 9.96. The van der Waals surface area contributed by atoms with Crippen LogP contribution < -0.4 is 5.32 Å². The molecule has 0 aromatic heterocycles. The molecule has 0 amide bonds. The fourth-order valence-corrected chi connectivity index (χ4v) is 3.15. The van der Waals surface area contributed by atoms with E-state index in [2.05, 4.69) is 62.2 Å². The molecule has 0 aliphatic carbocycles. The average Bonchev–Trinajstić information content (AvgIpc) is 2.43. The Morgan fingerprint density at radius 1 is 1.30 bits per heavy atom. The second kappa shape index (κ2) is 7.24. The summed E-state index contributed by atoms with van der Waals surface area (Å²) in [6, 6.07) is 10.1. The van der Waals surface area contributed by atoms with Gasteiger partial charge in [0.05, 0.1) is 0 Å². The zero-order valence-electron chi connectivity index (χ0n) is 13.5. The van der Waals surface area contributed by atoms with Crippen LogP contribution in [0.5, 0.6) is 0 Å². The van der Waals surface area contributed by atoms with E-state index in [1.807, 2.05) is 0 Å².